The van der Waals surface area contributed by atoms with E-state index in [0.29, 0.717) is 12.0 Å². The number of pyridine rings is 1. The molecular weight excluding hydrogens is 330 g/mol. The number of rotatable bonds is 8. The average molecular weight is 356 g/mol. The Morgan fingerprint density at radius 1 is 1.36 bits per heavy atom. The first kappa shape index (κ1) is 22.3. The van der Waals surface area contributed by atoms with Crippen molar-refractivity contribution >= 4 is 11.9 Å². The quantitative estimate of drug-likeness (QED) is 0.248. The van der Waals surface area contributed by atoms with Crippen molar-refractivity contribution in [2.75, 3.05) is 13.2 Å². The average Bonchev–Trinajstić information content (AvgIpc) is 2.48. The van der Waals surface area contributed by atoms with Gasteiger partial charge in [-0.2, -0.15) is 4.57 Å². The molecule has 140 valence electrons. The van der Waals surface area contributed by atoms with Crippen LogP contribution < -0.4 is 9.88 Å². The molecule has 0 radical (unpaired) electrons. The molecule has 0 aromatic carbocycles. The molecule has 9 heteroatoms. The fraction of sp³-hybridized carbons (Fsp3) is 0.562. The van der Waals surface area contributed by atoms with Gasteiger partial charge in [-0.25, -0.2) is 0 Å². The second-order valence-corrected chi connectivity index (χ2v) is 6.30. The van der Waals surface area contributed by atoms with Crippen LogP contribution in [-0.4, -0.2) is 30.1 Å². The molecule has 0 atom stereocenters. The summed E-state index contributed by atoms with van der Waals surface area (Å²) in [5.41, 5.74) is 0.181. The molecular formula is C16H26N3O6+. The highest BCUT2D eigenvalue weighted by atomic mass is 16.9. The van der Waals surface area contributed by atoms with Gasteiger partial charge in [0.1, 0.15) is 12.2 Å². The lowest BCUT2D eigenvalue weighted by atomic mass is 9.93. The van der Waals surface area contributed by atoms with E-state index in [0.717, 1.165) is 0 Å². The lowest BCUT2D eigenvalue weighted by Crippen LogP contribution is -2.38. The zero-order chi connectivity index (χ0) is 18.2. The predicted molar refractivity (Wildman–Crippen MR) is 88.8 cm³/mol. The fourth-order valence-electron chi connectivity index (χ4n) is 1.75. The maximum absolute atomic E-state index is 11.9. The van der Waals surface area contributed by atoms with Crippen molar-refractivity contribution < 1.29 is 28.8 Å². The van der Waals surface area contributed by atoms with Crippen LogP contribution in [0.25, 0.3) is 0 Å². The number of carbonyl (C=O) groups is 2. The molecule has 0 bridgehead atoms. The molecule has 0 aliphatic heterocycles. The van der Waals surface area contributed by atoms with Gasteiger partial charge in [-0.05, 0) is 11.5 Å². The van der Waals surface area contributed by atoms with Crippen LogP contribution in [0.4, 0.5) is 0 Å². The second kappa shape index (κ2) is 10.2. The summed E-state index contributed by atoms with van der Waals surface area (Å²) in [5.74, 6) is -0.723. The van der Waals surface area contributed by atoms with E-state index in [9.17, 15) is 19.7 Å². The van der Waals surface area contributed by atoms with Gasteiger partial charge in [0, 0.05) is 12.6 Å². The Balaban J connectivity index is 0.00000576. The van der Waals surface area contributed by atoms with Crippen LogP contribution in [0.15, 0.2) is 24.5 Å². The molecule has 9 nitrogen and oxygen atoms in total. The Morgan fingerprint density at radius 2 is 2.04 bits per heavy atom. The zero-order valence-corrected chi connectivity index (χ0v) is 14.0. The van der Waals surface area contributed by atoms with Crippen molar-refractivity contribution in [1.82, 2.24) is 5.32 Å². The van der Waals surface area contributed by atoms with Crippen LogP contribution >= 0.6 is 0 Å². The van der Waals surface area contributed by atoms with Crippen LogP contribution in [0.2, 0.25) is 0 Å². The summed E-state index contributed by atoms with van der Waals surface area (Å²) >= 11 is 0. The molecule has 1 N–H and O–H groups in total. The largest absolute Gasteiger partial charge is 0.405 e. The van der Waals surface area contributed by atoms with Crippen molar-refractivity contribution in [2.24, 2.45) is 5.41 Å². The lowest BCUT2D eigenvalue weighted by molar-refractivity contribution is -0.757. The third-order valence-corrected chi connectivity index (χ3v) is 2.75. The third kappa shape index (κ3) is 9.90. The molecule has 0 saturated heterocycles. The zero-order valence-electron chi connectivity index (χ0n) is 14.0. The van der Waals surface area contributed by atoms with Gasteiger partial charge in [-0.1, -0.05) is 28.2 Å². The SMILES string of the molecule is C.CC(C)(C)CC(=O)OC[n+]1cccc(C(=O)NCCO[N+](=O)[O-])c1. The standard InChI is InChI=1S/C15H21N3O6.CH4/c1-15(2,3)9-13(19)23-11-17-7-4-5-12(10-17)14(20)16-6-8-24-18(21)22;/h4-5,7,10H,6,8-9,11H2,1-3H3;1H4/p+1. The van der Waals surface area contributed by atoms with E-state index >= 15 is 0 Å². The van der Waals surface area contributed by atoms with Crippen LogP contribution in [-0.2, 0) is 21.1 Å². The lowest BCUT2D eigenvalue weighted by Gasteiger charge is -2.15. The molecule has 25 heavy (non-hydrogen) atoms. The van der Waals surface area contributed by atoms with Crippen LogP contribution in [0.1, 0.15) is 45.0 Å². The minimum absolute atomic E-state index is 0. The molecule has 0 unspecified atom stereocenters. The molecule has 1 heterocycles. The first-order valence-electron chi connectivity index (χ1n) is 7.37. The van der Waals surface area contributed by atoms with E-state index in [2.05, 4.69) is 10.2 Å². The number of hydrogen-bond donors (Lipinski definition) is 1. The van der Waals surface area contributed by atoms with Gasteiger partial charge in [0.25, 0.3) is 17.7 Å². The number of nitrogens with zero attached hydrogens (tertiary/aromatic N) is 2. The van der Waals surface area contributed by atoms with Crippen molar-refractivity contribution in [3.63, 3.8) is 0 Å². The molecule has 0 aliphatic rings. The molecule has 0 spiro atoms. The highest BCUT2D eigenvalue weighted by Crippen LogP contribution is 2.18. The minimum atomic E-state index is -0.922. The second-order valence-electron chi connectivity index (χ2n) is 6.30. The molecule has 1 aromatic heterocycles. The molecule has 1 rings (SSSR count). The monoisotopic (exact) mass is 356 g/mol. The minimum Gasteiger partial charge on any atom is -0.405 e. The molecule has 0 saturated carbocycles. The van der Waals surface area contributed by atoms with Crippen LogP contribution in [0, 0.1) is 15.5 Å². The first-order chi connectivity index (χ1) is 11.2. The van der Waals surface area contributed by atoms with Crippen molar-refractivity contribution in [2.45, 2.75) is 41.3 Å². The summed E-state index contributed by atoms with van der Waals surface area (Å²) in [6.07, 6.45) is 3.48. The normalized spacial score (nSPS) is 10.4. The summed E-state index contributed by atoms with van der Waals surface area (Å²) in [4.78, 5) is 37.7. The molecule has 0 fully saturated rings. The van der Waals surface area contributed by atoms with Crippen molar-refractivity contribution in [3.8, 4) is 0 Å². The first-order valence-corrected chi connectivity index (χ1v) is 7.37. The smallest absolute Gasteiger partial charge is 0.311 e. The van der Waals surface area contributed by atoms with E-state index < -0.39 is 11.0 Å². The van der Waals surface area contributed by atoms with Gasteiger partial charge in [0.2, 0.25) is 0 Å². The van der Waals surface area contributed by atoms with E-state index in [4.69, 9.17) is 4.74 Å². The Kier molecular flexibility index (Phi) is 9.11. The summed E-state index contributed by atoms with van der Waals surface area (Å²) in [6.45, 7) is 5.60. The number of esters is 1. The highest BCUT2D eigenvalue weighted by Gasteiger charge is 2.18. The van der Waals surface area contributed by atoms with E-state index in [1.165, 1.54) is 6.20 Å². The topological polar surface area (TPSA) is 112 Å². The number of carbonyl (C=O) groups excluding carboxylic acids is 2. The predicted octanol–water partition coefficient (Wildman–Crippen LogP) is 1.49. The fourth-order valence-corrected chi connectivity index (χ4v) is 1.75. The highest BCUT2D eigenvalue weighted by molar-refractivity contribution is 5.93. The van der Waals surface area contributed by atoms with E-state index in [1.54, 1.807) is 22.9 Å². The van der Waals surface area contributed by atoms with Crippen molar-refractivity contribution in [3.05, 3.63) is 40.2 Å². The maximum Gasteiger partial charge on any atom is 0.311 e. The van der Waals surface area contributed by atoms with Gasteiger partial charge >= 0.3 is 5.97 Å². The maximum atomic E-state index is 11.9. The Hall–Kier alpha value is -2.71. The van der Waals surface area contributed by atoms with Gasteiger partial charge in [-0.3, -0.25) is 9.59 Å². The number of aromatic nitrogens is 1. The molecule has 0 aliphatic carbocycles. The van der Waals surface area contributed by atoms with Crippen molar-refractivity contribution in [1.29, 1.82) is 0 Å². The van der Waals surface area contributed by atoms with Gasteiger partial charge in [-0.15, -0.1) is 10.1 Å². The number of ether oxygens (including phenoxy) is 1. The van der Waals surface area contributed by atoms with Gasteiger partial charge < -0.3 is 14.9 Å². The third-order valence-electron chi connectivity index (χ3n) is 2.75. The number of amides is 1. The van der Waals surface area contributed by atoms with Gasteiger partial charge in [0.15, 0.2) is 12.4 Å². The summed E-state index contributed by atoms with van der Waals surface area (Å²) < 4.78 is 6.72. The summed E-state index contributed by atoms with van der Waals surface area (Å²) in [6, 6.07) is 3.22. The molecule has 1 amide bonds. The van der Waals surface area contributed by atoms with Gasteiger partial charge in [0.05, 0.1) is 6.42 Å². The van der Waals surface area contributed by atoms with Crippen LogP contribution in [0.5, 0.6) is 0 Å². The Morgan fingerprint density at radius 3 is 2.64 bits per heavy atom. The van der Waals surface area contributed by atoms with E-state index in [1.807, 2.05) is 20.8 Å². The Labute approximate surface area is 147 Å². The molecule has 1 aromatic rings. The number of nitrogens with one attached hydrogen (secondary N) is 1. The van der Waals surface area contributed by atoms with Crippen LogP contribution in [0.3, 0.4) is 0 Å². The van der Waals surface area contributed by atoms with E-state index in [-0.39, 0.29) is 38.7 Å². The summed E-state index contributed by atoms with van der Waals surface area (Å²) in [7, 11) is 0. The number of hydrogen-bond acceptors (Lipinski definition) is 6. The summed E-state index contributed by atoms with van der Waals surface area (Å²) in [5, 5.41) is 11.6. The Bertz CT molecular complexity index is 598.